The number of rotatable bonds is 5. The molecule has 116 valence electrons. The lowest BCUT2D eigenvalue weighted by Crippen LogP contribution is -2.47. The maximum absolute atomic E-state index is 11.2. The number of carbonyl (C=O) groups is 1. The first kappa shape index (κ1) is 16.5. The fourth-order valence-electron chi connectivity index (χ4n) is 2.29. The van der Waals surface area contributed by atoms with Gasteiger partial charge in [0, 0.05) is 22.7 Å². The van der Waals surface area contributed by atoms with Gasteiger partial charge in [0.05, 0.1) is 6.61 Å². The number of aromatic carboxylic acids is 1. The molecular weight excluding hydrogens is 385 g/mol. The third-order valence-electron chi connectivity index (χ3n) is 3.50. The summed E-state index contributed by atoms with van der Waals surface area (Å²) in [5, 5.41) is 9.22. The molecule has 21 heavy (non-hydrogen) atoms. The molecule has 1 atom stereocenters. The van der Waals surface area contributed by atoms with E-state index in [1.54, 1.807) is 12.1 Å². The second-order valence-corrected chi connectivity index (χ2v) is 6.58. The molecule has 1 heterocycles. The summed E-state index contributed by atoms with van der Waals surface area (Å²) in [6.07, 6.45) is -0.0259. The molecule has 0 aliphatic carbocycles. The number of carboxylic acid groups (broad SMARTS) is 1. The van der Waals surface area contributed by atoms with Gasteiger partial charge >= 0.3 is 5.97 Å². The molecule has 5 nitrogen and oxygen atoms in total. The molecule has 0 aromatic heterocycles. The minimum absolute atomic E-state index is 0.0259. The predicted molar refractivity (Wildman–Crippen MR) is 88.1 cm³/mol. The first-order valence-electron chi connectivity index (χ1n) is 6.98. The third-order valence-corrected chi connectivity index (χ3v) is 4.17. The molecule has 1 aromatic carbocycles. The SMILES string of the molecule is CC(C)N1CCOC(COc2ccc(I)cc2C(=O)O)C1. The number of morpholine rings is 1. The predicted octanol–water partition coefficient (Wildman–Crippen LogP) is 2.48. The van der Waals surface area contributed by atoms with Crippen molar-refractivity contribution in [2.24, 2.45) is 0 Å². The topological polar surface area (TPSA) is 59.0 Å². The summed E-state index contributed by atoms with van der Waals surface area (Å²) in [7, 11) is 0. The van der Waals surface area contributed by atoms with Gasteiger partial charge in [0.15, 0.2) is 0 Å². The molecule has 0 radical (unpaired) electrons. The summed E-state index contributed by atoms with van der Waals surface area (Å²) >= 11 is 2.09. The van der Waals surface area contributed by atoms with E-state index in [4.69, 9.17) is 9.47 Å². The second-order valence-electron chi connectivity index (χ2n) is 5.34. The van der Waals surface area contributed by atoms with Gasteiger partial charge in [-0.3, -0.25) is 4.90 Å². The van der Waals surface area contributed by atoms with Crippen LogP contribution in [0, 0.1) is 3.57 Å². The van der Waals surface area contributed by atoms with Gasteiger partial charge in [-0.1, -0.05) is 0 Å². The maximum atomic E-state index is 11.2. The summed E-state index contributed by atoms with van der Waals surface area (Å²) in [6, 6.07) is 5.63. The van der Waals surface area contributed by atoms with Gasteiger partial charge in [0.1, 0.15) is 24.0 Å². The summed E-state index contributed by atoms with van der Waals surface area (Å²) in [6.45, 7) is 7.10. The minimum atomic E-state index is -0.975. The normalized spacial score (nSPS) is 19.7. The molecular formula is C15H20INO4. The molecule has 1 saturated heterocycles. The molecule has 0 spiro atoms. The Bertz CT molecular complexity index is 506. The van der Waals surface area contributed by atoms with Gasteiger partial charge in [0.2, 0.25) is 0 Å². The van der Waals surface area contributed by atoms with Crippen molar-refractivity contribution in [1.29, 1.82) is 0 Å². The van der Waals surface area contributed by atoms with E-state index in [0.29, 0.717) is 25.0 Å². The molecule has 1 aromatic rings. The molecule has 0 saturated carbocycles. The Morgan fingerprint density at radius 2 is 2.33 bits per heavy atom. The van der Waals surface area contributed by atoms with Crippen LogP contribution >= 0.6 is 22.6 Å². The highest BCUT2D eigenvalue weighted by Gasteiger charge is 2.23. The van der Waals surface area contributed by atoms with Crippen molar-refractivity contribution < 1.29 is 19.4 Å². The fourth-order valence-corrected chi connectivity index (χ4v) is 2.78. The van der Waals surface area contributed by atoms with Gasteiger partial charge in [-0.05, 0) is 54.6 Å². The molecule has 2 rings (SSSR count). The average molecular weight is 405 g/mol. The summed E-state index contributed by atoms with van der Waals surface area (Å²) in [5.74, 6) is -0.579. The zero-order valence-electron chi connectivity index (χ0n) is 12.2. The van der Waals surface area contributed by atoms with Gasteiger partial charge in [0.25, 0.3) is 0 Å². The zero-order chi connectivity index (χ0) is 15.4. The van der Waals surface area contributed by atoms with Crippen LogP contribution < -0.4 is 4.74 Å². The standard InChI is InChI=1S/C15H20INO4/c1-10(2)17-5-6-20-12(8-17)9-21-14-4-3-11(16)7-13(14)15(18)19/h3-4,7,10,12H,5-6,8-9H2,1-2H3,(H,18,19). The number of carboxylic acids is 1. The first-order valence-corrected chi connectivity index (χ1v) is 8.06. The molecule has 1 aliphatic heterocycles. The van der Waals surface area contributed by atoms with Crippen LogP contribution in [-0.2, 0) is 4.74 Å². The smallest absolute Gasteiger partial charge is 0.339 e. The van der Waals surface area contributed by atoms with Crippen LogP contribution in [0.2, 0.25) is 0 Å². The van der Waals surface area contributed by atoms with E-state index in [1.807, 2.05) is 6.07 Å². The van der Waals surface area contributed by atoms with Crippen LogP contribution in [0.4, 0.5) is 0 Å². The van der Waals surface area contributed by atoms with Crippen LogP contribution in [0.5, 0.6) is 5.75 Å². The quantitative estimate of drug-likeness (QED) is 0.763. The fraction of sp³-hybridized carbons (Fsp3) is 0.533. The Balaban J connectivity index is 1.98. The van der Waals surface area contributed by atoms with Crippen molar-refractivity contribution in [3.8, 4) is 5.75 Å². The lowest BCUT2D eigenvalue weighted by Gasteiger charge is -2.35. The molecule has 0 amide bonds. The van der Waals surface area contributed by atoms with Crippen molar-refractivity contribution in [3.05, 3.63) is 27.3 Å². The molecule has 1 unspecified atom stereocenters. The van der Waals surface area contributed by atoms with E-state index in [-0.39, 0.29) is 11.7 Å². The van der Waals surface area contributed by atoms with E-state index >= 15 is 0 Å². The first-order chi connectivity index (χ1) is 9.97. The Kier molecular flexibility index (Phi) is 5.83. The van der Waals surface area contributed by atoms with Crippen molar-refractivity contribution in [2.75, 3.05) is 26.3 Å². The summed E-state index contributed by atoms with van der Waals surface area (Å²) < 4.78 is 12.2. The van der Waals surface area contributed by atoms with Gasteiger partial charge in [-0.25, -0.2) is 4.79 Å². The maximum Gasteiger partial charge on any atom is 0.339 e. The summed E-state index contributed by atoms with van der Waals surface area (Å²) in [4.78, 5) is 13.6. The Labute approximate surface area is 138 Å². The van der Waals surface area contributed by atoms with E-state index in [2.05, 4.69) is 41.3 Å². The minimum Gasteiger partial charge on any atom is -0.490 e. The van der Waals surface area contributed by atoms with Crippen molar-refractivity contribution in [1.82, 2.24) is 4.90 Å². The molecule has 1 fully saturated rings. The molecule has 0 bridgehead atoms. The van der Waals surface area contributed by atoms with Gasteiger partial charge in [-0.15, -0.1) is 0 Å². The number of halogens is 1. The number of hydrogen-bond acceptors (Lipinski definition) is 4. The Hall–Kier alpha value is -0.860. The number of benzene rings is 1. The molecule has 1 N–H and O–H groups in total. The van der Waals surface area contributed by atoms with Gasteiger partial charge < -0.3 is 14.6 Å². The summed E-state index contributed by atoms with van der Waals surface area (Å²) in [5.41, 5.74) is 0.193. The van der Waals surface area contributed by atoms with Crippen LogP contribution in [-0.4, -0.2) is 54.4 Å². The van der Waals surface area contributed by atoms with Crippen LogP contribution in [0.25, 0.3) is 0 Å². The molecule has 1 aliphatic rings. The lowest BCUT2D eigenvalue weighted by molar-refractivity contribution is -0.0565. The monoisotopic (exact) mass is 405 g/mol. The number of nitrogens with zero attached hydrogens (tertiary/aromatic N) is 1. The van der Waals surface area contributed by atoms with Crippen LogP contribution in [0.1, 0.15) is 24.2 Å². The van der Waals surface area contributed by atoms with E-state index < -0.39 is 5.97 Å². The third kappa shape index (κ3) is 4.55. The van der Waals surface area contributed by atoms with E-state index in [1.165, 1.54) is 0 Å². The van der Waals surface area contributed by atoms with Crippen molar-refractivity contribution in [3.63, 3.8) is 0 Å². The highest BCUT2D eigenvalue weighted by atomic mass is 127. The Morgan fingerprint density at radius 3 is 3.00 bits per heavy atom. The molecule has 6 heteroatoms. The highest BCUT2D eigenvalue weighted by molar-refractivity contribution is 14.1. The van der Waals surface area contributed by atoms with Crippen LogP contribution in [0.3, 0.4) is 0 Å². The zero-order valence-corrected chi connectivity index (χ0v) is 14.4. The van der Waals surface area contributed by atoms with Gasteiger partial charge in [-0.2, -0.15) is 0 Å². The largest absolute Gasteiger partial charge is 0.490 e. The highest BCUT2D eigenvalue weighted by Crippen LogP contribution is 2.22. The van der Waals surface area contributed by atoms with Crippen molar-refractivity contribution >= 4 is 28.6 Å². The van der Waals surface area contributed by atoms with Crippen molar-refractivity contribution in [2.45, 2.75) is 26.0 Å². The van der Waals surface area contributed by atoms with E-state index in [0.717, 1.165) is 16.7 Å². The Morgan fingerprint density at radius 1 is 1.57 bits per heavy atom. The average Bonchev–Trinajstić information content (AvgIpc) is 2.46. The number of hydrogen-bond donors (Lipinski definition) is 1. The second kappa shape index (κ2) is 7.42. The lowest BCUT2D eigenvalue weighted by atomic mass is 10.2. The van der Waals surface area contributed by atoms with Crippen LogP contribution in [0.15, 0.2) is 18.2 Å². The van der Waals surface area contributed by atoms with E-state index in [9.17, 15) is 9.90 Å². The number of ether oxygens (including phenoxy) is 2.